The SMILES string of the molecule is C=C(NCc1ccccc1)C1CCCN1C.C=CNCCC(CC)C(N)C=C.CC(N)c1ccccc1. The van der Waals surface area contributed by atoms with Gasteiger partial charge in [0.05, 0.1) is 0 Å². The lowest BCUT2D eigenvalue weighted by Gasteiger charge is -2.22. The maximum absolute atomic E-state index is 5.84. The topological polar surface area (TPSA) is 79.3 Å². The number of likely N-dealkylation sites (tertiary alicyclic amines) is 1. The Balaban J connectivity index is 0.000000291. The molecule has 0 radical (unpaired) electrons. The van der Waals surface area contributed by atoms with E-state index in [-0.39, 0.29) is 12.1 Å². The Morgan fingerprint density at radius 2 is 1.70 bits per heavy atom. The van der Waals surface area contributed by atoms with Crippen molar-refractivity contribution in [3.05, 3.63) is 110 Å². The first-order chi connectivity index (χ1) is 17.8. The highest BCUT2D eigenvalue weighted by Gasteiger charge is 2.23. The standard InChI is InChI=1S/C14H20N2.C10H20N2.C8H11N/c1-12(14-9-6-10-16(14)2)15-11-13-7-4-3-5-8-13;1-4-9(10(11)5-2)7-8-12-6-3;1-7(9)8-5-3-2-4-6-8/h3-5,7-8,14-15H,1,6,9-11H2,2H3;5-6,9-10,12H,2-4,7-8,11H2,1H3;2-7H,9H2,1H3. The third-order valence-corrected chi connectivity index (χ3v) is 6.76. The molecule has 1 heterocycles. The summed E-state index contributed by atoms with van der Waals surface area (Å²) in [5, 5.41) is 6.50. The third kappa shape index (κ3) is 13.3. The van der Waals surface area contributed by atoms with Gasteiger partial charge in [0.25, 0.3) is 0 Å². The van der Waals surface area contributed by atoms with Gasteiger partial charge in [0, 0.05) is 36.9 Å². The summed E-state index contributed by atoms with van der Waals surface area (Å²) >= 11 is 0. The molecule has 4 unspecified atom stereocenters. The molecule has 0 amide bonds. The summed E-state index contributed by atoms with van der Waals surface area (Å²) in [6, 6.07) is 21.3. The summed E-state index contributed by atoms with van der Waals surface area (Å²) in [6.45, 7) is 18.6. The number of hydrogen-bond acceptors (Lipinski definition) is 5. The van der Waals surface area contributed by atoms with Crippen LogP contribution < -0.4 is 22.1 Å². The quantitative estimate of drug-likeness (QED) is 0.219. The van der Waals surface area contributed by atoms with Gasteiger partial charge >= 0.3 is 0 Å². The molecule has 1 saturated heterocycles. The zero-order chi connectivity index (χ0) is 27.5. The minimum absolute atomic E-state index is 0.126. The highest BCUT2D eigenvalue weighted by molar-refractivity contribution is 5.17. The van der Waals surface area contributed by atoms with E-state index < -0.39 is 0 Å². The number of nitrogens with zero attached hydrogens (tertiary/aromatic N) is 1. The Morgan fingerprint density at radius 3 is 2.16 bits per heavy atom. The summed E-state index contributed by atoms with van der Waals surface area (Å²) in [5.74, 6) is 0.537. The summed E-state index contributed by atoms with van der Waals surface area (Å²) in [5.41, 5.74) is 15.1. The van der Waals surface area contributed by atoms with E-state index in [1.54, 1.807) is 6.20 Å². The predicted octanol–water partition coefficient (Wildman–Crippen LogP) is 5.74. The average Bonchev–Trinajstić information content (AvgIpc) is 3.37. The van der Waals surface area contributed by atoms with Crippen LogP contribution in [0.4, 0.5) is 0 Å². The molecule has 3 rings (SSSR count). The van der Waals surface area contributed by atoms with Crippen LogP contribution in [0.2, 0.25) is 0 Å². The average molecular weight is 506 g/mol. The molecular weight excluding hydrogens is 454 g/mol. The lowest BCUT2D eigenvalue weighted by atomic mass is 9.94. The van der Waals surface area contributed by atoms with Crippen molar-refractivity contribution in [3.63, 3.8) is 0 Å². The van der Waals surface area contributed by atoms with E-state index in [1.807, 2.05) is 49.4 Å². The van der Waals surface area contributed by atoms with Crippen LogP contribution in [0.15, 0.2) is 98.4 Å². The van der Waals surface area contributed by atoms with Crippen LogP contribution in [-0.4, -0.2) is 37.1 Å². The van der Waals surface area contributed by atoms with Crippen molar-refractivity contribution in [2.24, 2.45) is 17.4 Å². The summed E-state index contributed by atoms with van der Waals surface area (Å²) < 4.78 is 0. The molecule has 37 heavy (non-hydrogen) atoms. The van der Waals surface area contributed by atoms with Crippen molar-refractivity contribution in [2.45, 2.75) is 64.2 Å². The predicted molar refractivity (Wildman–Crippen MR) is 162 cm³/mol. The molecule has 204 valence electrons. The zero-order valence-corrected chi connectivity index (χ0v) is 23.4. The van der Waals surface area contributed by atoms with Gasteiger partial charge in [-0.1, -0.05) is 93.2 Å². The normalized spacial score (nSPS) is 17.1. The Morgan fingerprint density at radius 1 is 1.08 bits per heavy atom. The summed E-state index contributed by atoms with van der Waals surface area (Å²) in [4.78, 5) is 2.38. The minimum Gasteiger partial charge on any atom is -0.391 e. The Bertz CT molecular complexity index is 865. The first kappa shape index (κ1) is 32.2. The summed E-state index contributed by atoms with van der Waals surface area (Å²) in [6.07, 6.45) is 8.24. The molecule has 1 aliphatic rings. The molecule has 2 aromatic carbocycles. The van der Waals surface area contributed by atoms with Gasteiger partial charge < -0.3 is 22.1 Å². The highest BCUT2D eigenvalue weighted by Crippen LogP contribution is 2.19. The lowest BCUT2D eigenvalue weighted by Crippen LogP contribution is -2.32. The van der Waals surface area contributed by atoms with E-state index in [4.69, 9.17) is 11.5 Å². The first-order valence-corrected chi connectivity index (χ1v) is 13.5. The van der Waals surface area contributed by atoms with E-state index in [1.165, 1.54) is 30.5 Å². The lowest BCUT2D eigenvalue weighted by molar-refractivity contribution is 0.334. The number of rotatable bonds is 12. The number of nitrogens with one attached hydrogen (secondary N) is 2. The molecule has 0 bridgehead atoms. The zero-order valence-electron chi connectivity index (χ0n) is 23.4. The molecular formula is C32H51N5. The van der Waals surface area contributed by atoms with Gasteiger partial charge in [-0.3, -0.25) is 4.90 Å². The van der Waals surface area contributed by atoms with E-state index >= 15 is 0 Å². The van der Waals surface area contributed by atoms with Gasteiger partial charge in [0.2, 0.25) is 0 Å². The van der Waals surface area contributed by atoms with E-state index in [0.29, 0.717) is 12.0 Å². The molecule has 4 atom stereocenters. The molecule has 2 aromatic rings. The van der Waals surface area contributed by atoms with Crippen LogP contribution in [0.5, 0.6) is 0 Å². The van der Waals surface area contributed by atoms with Crippen molar-refractivity contribution < 1.29 is 0 Å². The minimum atomic E-state index is 0.126. The fourth-order valence-corrected chi connectivity index (χ4v) is 4.27. The van der Waals surface area contributed by atoms with Crippen molar-refractivity contribution in [1.82, 2.24) is 15.5 Å². The monoisotopic (exact) mass is 505 g/mol. The number of likely N-dealkylation sites (N-methyl/N-ethyl adjacent to an activating group) is 1. The van der Waals surface area contributed by atoms with Crippen molar-refractivity contribution in [2.75, 3.05) is 20.1 Å². The van der Waals surface area contributed by atoms with E-state index in [0.717, 1.165) is 31.6 Å². The van der Waals surface area contributed by atoms with Crippen molar-refractivity contribution in [1.29, 1.82) is 0 Å². The smallest absolute Gasteiger partial charge is 0.0486 e. The number of hydrogen-bond donors (Lipinski definition) is 4. The molecule has 5 heteroatoms. The van der Waals surface area contributed by atoms with Gasteiger partial charge in [-0.2, -0.15) is 0 Å². The van der Waals surface area contributed by atoms with Crippen LogP contribution in [0.3, 0.4) is 0 Å². The second kappa shape index (κ2) is 19.3. The van der Waals surface area contributed by atoms with Gasteiger partial charge in [0.15, 0.2) is 0 Å². The first-order valence-electron chi connectivity index (χ1n) is 13.5. The van der Waals surface area contributed by atoms with Crippen LogP contribution in [0.1, 0.15) is 56.7 Å². The summed E-state index contributed by atoms with van der Waals surface area (Å²) in [7, 11) is 2.17. The van der Waals surface area contributed by atoms with Crippen molar-refractivity contribution in [3.8, 4) is 0 Å². The van der Waals surface area contributed by atoms with Crippen LogP contribution in [0, 0.1) is 5.92 Å². The van der Waals surface area contributed by atoms with E-state index in [9.17, 15) is 0 Å². The van der Waals surface area contributed by atoms with Gasteiger partial charge in [-0.25, -0.2) is 0 Å². The second-order valence-electron chi connectivity index (χ2n) is 9.63. The van der Waals surface area contributed by atoms with Gasteiger partial charge in [0.1, 0.15) is 0 Å². The molecule has 0 aliphatic carbocycles. The molecule has 6 N–H and O–H groups in total. The molecule has 0 spiro atoms. The number of nitrogens with two attached hydrogens (primary N) is 2. The Hall–Kier alpha value is -2.86. The Kier molecular flexibility index (Phi) is 16.8. The molecule has 5 nitrogen and oxygen atoms in total. The molecule has 1 fully saturated rings. The highest BCUT2D eigenvalue weighted by atomic mass is 15.2. The molecule has 1 aliphatic heterocycles. The van der Waals surface area contributed by atoms with Crippen LogP contribution >= 0.6 is 0 Å². The fraction of sp³-hybridized carbons (Fsp3) is 0.438. The van der Waals surface area contributed by atoms with E-state index in [2.05, 4.69) is 73.5 Å². The van der Waals surface area contributed by atoms with Gasteiger partial charge in [-0.15, -0.1) is 6.58 Å². The molecule has 0 aromatic heterocycles. The van der Waals surface area contributed by atoms with Crippen LogP contribution in [-0.2, 0) is 6.54 Å². The fourth-order valence-electron chi connectivity index (χ4n) is 4.27. The number of benzene rings is 2. The third-order valence-electron chi connectivity index (χ3n) is 6.76. The van der Waals surface area contributed by atoms with Crippen molar-refractivity contribution >= 4 is 0 Å². The largest absolute Gasteiger partial charge is 0.391 e. The maximum Gasteiger partial charge on any atom is 0.0486 e. The Labute approximate surface area is 226 Å². The van der Waals surface area contributed by atoms with Crippen LogP contribution in [0.25, 0.3) is 0 Å². The van der Waals surface area contributed by atoms with Gasteiger partial charge in [-0.05, 0) is 63.0 Å². The maximum atomic E-state index is 5.84. The molecule has 0 saturated carbocycles. The second-order valence-corrected chi connectivity index (χ2v) is 9.63.